The number of benzene rings is 1. The molecule has 2 amide bonds. The summed E-state index contributed by atoms with van der Waals surface area (Å²) in [6, 6.07) is 8.30. The minimum atomic E-state index is -2.35. The second kappa shape index (κ2) is 15.7. The molecule has 1 aromatic carbocycles. The maximum Gasteiger partial charge on any atom is 0.329 e. The third-order valence-corrected chi connectivity index (χ3v) is 16.0. The first-order chi connectivity index (χ1) is 20.7. The zero-order valence-corrected chi connectivity index (χ0v) is 29.9. The Kier molecular flexibility index (Phi) is 12.9. The summed E-state index contributed by atoms with van der Waals surface area (Å²) in [5.41, 5.74) is 3.07. The smallest absolute Gasteiger partial charge is 0.329 e. The molecule has 2 aliphatic rings. The molecule has 44 heavy (non-hydrogen) atoms. The number of carbonyl (C=O) groups excluding carboxylic acids is 3. The minimum Gasteiger partial charge on any atom is -0.461 e. The van der Waals surface area contributed by atoms with Crippen molar-refractivity contribution in [3.05, 3.63) is 47.5 Å². The first kappa shape index (κ1) is 36.0. The molecule has 3 rings (SSSR count). The SMILES string of the molecule is C/C1=C\[C@H](C)CC[C@@H](C)OC(=O)C2CCCN2C(=O)C(Cc2ccccc2)NC(=O)[C@@H](C)[C@@H]1O[Si](C(C)C)(C(C)C)C(C)C. The largest absolute Gasteiger partial charge is 0.461 e. The Bertz CT molecular complexity index is 1130. The molecule has 6 atom stereocenters. The van der Waals surface area contributed by atoms with Gasteiger partial charge in [-0.15, -0.1) is 0 Å². The van der Waals surface area contributed by atoms with Crippen LogP contribution >= 0.6 is 0 Å². The second-order valence-corrected chi connectivity index (χ2v) is 19.7. The van der Waals surface area contributed by atoms with Crippen LogP contribution in [0.2, 0.25) is 16.6 Å². The highest BCUT2D eigenvalue weighted by Gasteiger charge is 2.48. The molecule has 246 valence electrons. The molecule has 2 unspecified atom stereocenters. The van der Waals surface area contributed by atoms with Crippen molar-refractivity contribution in [2.45, 2.75) is 142 Å². The van der Waals surface area contributed by atoms with Crippen LogP contribution in [-0.2, 0) is 30.0 Å². The standard InChI is InChI=1S/C36H58N2O5Si/c1-23(2)44(24(3)4,25(5)6)43-33-27(8)21-26(7)18-19-28(9)42-36(41)32-17-14-20-38(32)35(40)31(37-34(39)29(33)10)22-30-15-12-11-13-16-30/h11-13,15-16,21,23-26,28-29,31-33H,14,17-20,22H2,1-10H3,(H,37,39)/b27-21+/t26-,28-,29+,31?,32?,33-/m1/s1. The van der Waals surface area contributed by atoms with Gasteiger partial charge < -0.3 is 19.4 Å². The van der Waals surface area contributed by atoms with E-state index >= 15 is 0 Å². The van der Waals surface area contributed by atoms with E-state index in [2.05, 4.69) is 66.8 Å². The Morgan fingerprint density at radius 3 is 2.14 bits per heavy atom. The molecule has 2 aliphatic heterocycles. The summed E-state index contributed by atoms with van der Waals surface area (Å²) in [5, 5.41) is 3.14. The van der Waals surface area contributed by atoms with Crippen LogP contribution in [0, 0.1) is 11.8 Å². The van der Waals surface area contributed by atoms with Gasteiger partial charge in [-0.25, -0.2) is 4.79 Å². The Labute approximate surface area is 267 Å². The number of hydrogen-bond donors (Lipinski definition) is 1. The quantitative estimate of drug-likeness (QED) is 0.196. The molecule has 0 aromatic heterocycles. The first-order valence-electron chi connectivity index (χ1n) is 16.9. The van der Waals surface area contributed by atoms with Crippen molar-refractivity contribution in [2.24, 2.45) is 11.8 Å². The van der Waals surface area contributed by atoms with E-state index in [1.54, 1.807) is 4.90 Å². The lowest BCUT2D eigenvalue weighted by atomic mass is 9.92. The molecule has 1 aromatic rings. The number of esters is 1. The highest BCUT2D eigenvalue weighted by molar-refractivity contribution is 6.77. The van der Waals surface area contributed by atoms with Gasteiger partial charge in [0.2, 0.25) is 20.1 Å². The molecule has 0 spiro atoms. The van der Waals surface area contributed by atoms with Crippen molar-refractivity contribution in [3.8, 4) is 0 Å². The predicted molar refractivity (Wildman–Crippen MR) is 180 cm³/mol. The summed E-state index contributed by atoms with van der Waals surface area (Å²) in [6.45, 7) is 22.2. The van der Waals surface area contributed by atoms with Crippen LogP contribution in [0.1, 0.15) is 100 Å². The van der Waals surface area contributed by atoms with Crippen LogP contribution in [0.15, 0.2) is 42.0 Å². The normalized spacial score (nSPS) is 29.4. The number of amides is 2. The summed E-state index contributed by atoms with van der Waals surface area (Å²) in [4.78, 5) is 43.3. The number of carbonyl (C=O) groups is 3. The number of rotatable bonds is 7. The molecule has 2 heterocycles. The molecular weight excluding hydrogens is 568 g/mol. The lowest BCUT2D eigenvalue weighted by Gasteiger charge is -2.46. The van der Waals surface area contributed by atoms with Gasteiger partial charge in [-0.05, 0) is 73.2 Å². The Morgan fingerprint density at radius 2 is 1.55 bits per heavy atom. The van der Waals surface area contributed by atoms with Gasteiger partial charge in [-0.3, -0.25) is 9.59 Å². The molecule has 0 bridgehead atoms. The molecule has 8 heteroatoms. The minimum absolute atomic E-state index is 0.206. The Morgan fingerprint density at radius 1 is 0.932 bits per heavy atom. The van der Waals surface area contributed by atoms with Crippen LogP contribution in [0.25, 0.3) is 0 Å². The summed E-state index contributed by atoms with van der Waals surface area (Å²) in [7, 11) is -2.35. The summed E-state index contributed by atoms with van der Waals surface area (Å²) in [6.07, 6.45) is 4.77. The summed E-state index contributed by atoms with van der Waals surface area (Å²) >= 11 is 0. The maximum absolute atomic E-state index is 14.2. The highest BCUT2D eigenvalue weighted by atomic mass is 28.4. The van der Waals surface area contributed by atoms with Gasteiger partial charge in [0.25, 0.3) is 0 Å². The topological polar surface area (TPSA) is 84.9 Å². The van der Waals surface area contributed by atoms with E-state index in [-0.39, 0.29) is 29.8 Å². The Hall–Kier alpha value is -2.45. The van der Waals surface area contributed by atoms with Crippen LogP contribution in [0.5, 0.6) is 0 Å². The number of hydrogen-bond acceptors (Lipinski definition) is 5. The number of fused-ring (bicyclic) bond motifs is 1. The van der Waals surface area contributed by atoms with E-state index in [4.69, 9.17) is 9.16 Å². The first-order valence-corrected chi connectivity index (χ1v) is 19.0. The van der Waals surface area contributed by atoms with Gasteiger partial charge in [0.05, 0.1) is 18.1 Å². The van der Waals surface area contributed by atoms with Gasteiger partial charge in [0, 0.05) is 13.0 Å². The number of ether oxygens (including phenoxy) is 1. The maximum atomic E-state index is 14.2. The van der Waals surface area contributed by atoms with Gasteiger partial charge in [-0.1, -0.05) is 91.8 Å². The fourth-order valence-corrected chi connectivity index (χ4v) is 13.3. The molecule has 1 N–H and O–H groups in total. The van der Waals surface area contributed by atoms with E-state index in [9.17, 15) is 14.4 Å². The van der Waals surface area contributed by atoms with Gasteiger partial charge in [0.15, 0.2) is 0 Å². The monoisotopic (exact) mass is 626 g/mol. The van der Waals surface area contributed by atoms with Crippen LogP contribution in [-0.4, -0.2) is 61.8 Å². The lowest BCUT2D eigenvalue weighted by Crippen LogP contribution is -2.56. The van der Waals surface area contributed by atoms with Crippen LogP contribution < -0.4 is 5.32 Å². The fraction of sp³-hybridized carbons (Fsp3) is 0.694. The summed E-state index contributed by atoms with van der Waals surface area (Å²) < 4.78 is 13.2. The van der Waals surface area contributed by atoms with E-state index in [0.717, 1.165) is 30.4 Å². The molecule has 0 saturated carbocycles. The van der Waals surface area contributed by atoms with Gasteiger partial charge in [0.1, 0.15) is 12.1 Å². The third-order valence-electron chi connectivity index (χ3n) is 9.95. The van der Waals surface area contributed by atoms with Crippen LogP contribution in [0.4, 0.5) is 0 Å². The van der Waals surface area contributed by atoms with Crippen molar-refractivity contribution >= 4 is 26.1 Å². The number of nitrogens with one attached hydrogen (secondary N) is 1. The van der Waals surface area contributed by atoms with Crippen molar-refractivity contribution < 1.29 is 23.5 Å². The molecular formula is C36H58N2O5Si. The van der Waals surface area contributed by atoms with Crippen molar-refractivity contribution in [3.63, 3.8) is 0 Å². The van der Waals surface area contributed by atoms with Crippen molar-refractivity contribution in [2.75, 3.05) is 6.54 Å². The van der Waals surface area contributed by atoms with Crippen molar-refractivity contribution in [1.82, 2.24) is 10.2 Å². The van der Waals surface area contributed by atoms with E-state index < -0.39 is 32.4 Å². The summed E-state index contributed by atoms with van der Waals surface area (Å²) in [5.74, 6) is -1.09. The lowest BCUT2D eigenvalue weighted by molar-refractivity contribution is -0.158. The number of allylic oxidation sites excluding steroid dienone is 1. The average Bonchev–Trinajstić information content (AvgIpc) is 3.45. The fourth-order valence-electron chi connectivity index (χ4n) is 7.64. The number of nitrogens with zero attached hydrogens (tertiary/aromatic N) is 1. The molecule has 0 radical (unpaired) electrons. The second-order valence-electron chi connectivity index (χ2n) is 14.3. The molecule has 7 nitrogen and oxygen atoms in total. The average molecular weight is 627 g/mol. The van der Waals surface area contributed by atoms with Gasteiger partial charge >= 0.3 is 5.97 Å². The van der Waals surface area contributed by atoms with Crippen LogP contribution in [0.3, 0.4) is 0 Å². The third kappa shape index (κ3) is 8.42. The number of cyclic esters (lactones) is 1. The van der Waals surface area contributed by atoms with E-state index in [0.29, 0.717) is 36.0 Å². The van der Waals surface area contributed by atoms with E-state index in [1.165, 1.54) is 0 Å². The molecule has 0 aliphatic carbocycles. The Balaban J connectivity index is 2.09. The predicted octanol–water partition coefficient (Wildman–Crippen LogP) is 7.21. The highest BCUT2D eigenvalue weighted by Crippen LogP contribution is 2.44. The van der Waals surface area contributed by atoms with E-state index in [1.807, 2.05) is 44.2 Å². The van der Waals surface area contributed by atoms with Gasteiger partial charge in [-0.2, -0.15) is 0 Å². The molecule has 1 fully saturated rings. The molecule has 1 saturated heterocycles. The van der Waals surface area contributed by atoms with Crippen molar-refractivity contribution in [1.29, 1.82) is 0 Å². The zero-order valence-electron chi connectivity index (χ0n) is 28.9. The zero-order chi connectivity index (χ0) is 32.8.